The van der Waals surface area contributed by atoms with Gasteiger partial charge in [0.2, 0.25) is 5.91 Å². The Hall–Kier alpha value is -1.47. The van der Waals surface area contributed by atoms with E-state index < -0.39 is 0 Å². The normalized spacial score (nSPS) is 25.9. The number of aromatic nitrogens is 3. The zero-order valence-electron chi connectivity index (χ0n) is 15.7. The summed E-state index contributed by atoms with van der Waals surface area (Å²) < 4.78 is 7.59. The van der Waals surface area contributed by atoms with Crippen molar-refractivity contribution in [2.75, 3.05) is 26.2 Å². The number of hydrogen-bond acceptors (Lipinski definition) is 5. The maximum absolute atomic E-state index is 12.5. The summed E-state index contributed by atoms with van der Waals surface area (Å²) >= 11 is 0. The zero-order valence-corrected chi connectivity index (χ0v) is 15.7. The number of hydrogen-bond donors (Lipinski definition) is 1. The largest absolute Gasteiger partial charge is 0.376 e. The van der Waals surface area contributed by atoms with Crippen molar-refractivity contribution in [2.45, 2.75) is 65.1 Å². The van der Waals surface area contributed by atoms with Crippen molar-refractivity contribution in [2.24, 2.45) is 5.92 Å². The summed E-state index contributed by atoms with van der Waals surface area (Å²) in [4.78, 5) is 19.2. The van der Waals surface area contributed by atoms with Gasteiger partial charge in [-0.1, -0.05) is 0 Å². The van der Waals surface area contributed by atoms with Crippen LogP contribution < -0.4 is 5.32 Å². The van der Waals surface area contributed by atoms with Crippen molar-refractivity contribution in [3.63, 3.8) is 0 Å². The molecule has 3 heterocycles. The van der Waals surface area contributed by atoms with Gasteiger partial charge in [-0.2, -0.15) is 5.10 Å². The van der Waals surface area contributed by atoms with Crippen LogP contribution in [0.4, 0.5) is 0 Å². The van der Waals surface area contributed by atoms with Gasteiger partial charge in [0, 0.05) is 26.2 Å². The van der Waals surface area contributed by atoms with Crippen LogP contribution in [0, 0.1) is 19.8 Å². The van der Waals surface area contributed by atoms with E-state index in [1.807, 2.05) is 25.5 Å². The van der Waals surface area contributed by atoms with Gasteiger partial charge in [0.15, 0.2) is 0 Å². The van der Waals surface area contributed by atoms with Crippen molar-refractivity contribution in [1.82, 2.24) is 25.0 Å². The smallest absolute Gasteiger partial charge is 0.237 e. The molecule has 3 atom stereocenters. The van der Waals surface area contributed by atoms with Gasteiger partial charge in [-0.25, -0.2) is 9.67 Å². The first-order valence-corrected chi connectivity index (χ1v) is 9.54. The molecule has 1 amide bonds. The van der Waals surface area contributed by atoms with Crippen LogP contribution in [0.2, 0.25) is 0 Å². The second kappa shape index (κ2) is 8.27. The summed E-state index contributed by atoms with van der Waals surface area (Å²) in [5, 5.41) is 7.54. The molecular formula is C18H31N5O2. The van der Waals surface area contributed by atoms with Crippen molar-refractivity contribution < 1.29 is 9.53 Å². The van der Waals surface area contributed by atoms with Gasteiger partial charge in [-0.05, 0) is 58.9 Å². The van der Waals surface area contributed by atoms with E-state index in [2.05, 4.69) is 20.3 Å². The molecule has 0 unspecified atom stereocenters. The highest BCUT2D eigenvalue weighted by molar-refractivity contribution is 5.81. The lowest BCUT2D eigenvalue weighted by molar-refractivity contribution is -0.127. The Morgan fingerprint density at radius 3 is 2.88 bits per heavy atom. The molecule has 1 aromatic heterocycles. The summed E-state index contributed by atoms with van der Waals surface area (Å²) in [5.74, 6) is 2.43. The quantitative estimate of drug-likeness (QED) is 0.838. The topological polar surface area (TPSA) is 72.3 Å². The van der Waals surface area contributed by atoms with Gasteiger partial charge in [0.05, 0.1) is 12.1 Å². The molecule has 0 aromatic carbocycles. The maximum Gasteiger partial charge on any atom is 0.237 e. The Bertz CT molecular complexity index is 582. The molecule has 2 fully saturated rings. The standard InChI is InChI=1S/C18H31N5O2/c1-13(18(24)19-10-17-7-5-9-25-17)22-8-4-6-16(11-22)12-23-15(3)20-14(2)21-23/h13,16-17H,4-12H2,1-3H3,(H,19,24)/t13-,16-,17+/m1/s1. The Balaban J connectivity index is 1.49. The van der Waals surface area contributed by atoms with E-state index in [1.165, 1.54) is 6.42 Å². The number of piperidine rings is 1. The van der Waals surface area contributed by atoms with Gasteiger partial charge in [-0.15, -0.1) is 0 Å². The minimum atomic E-state index is -0.0946. The molecule has 2 saturated heterocycles. The molecular weight excluding hydrogens is 318 g/mol. The van der Waals surface area contributed by atoms with Crippen LogP contribution in [0.15, 0.2) is 0 Å². The number of amides is 1. The first-order chi connectivity index (χ1) is 12.0. The van der Waals surface area contributed by atoms with Crippen molar-refractivity contribution >= 4 is 5.91 Å². The predicted molar refractivity (Wildman–Crippen MR) is 95.2 cm³/mol. The number of ether oxygens (including phenoxy) is 1. The first kappa shape index (κ1) is 18.3. The van der Waals surface area contributed by atoms with Gasteiger partial charge in [0.25, 0.3) is 0 Å². The third kappa shape index (κ3) is 4.79. The molecule has 25 heavy (non-hydrogen) atoms. The Morgan fingerprint density at radius 1 is 1.36 bits per heavy atom. The molecule has 0 radical (unpaired) electrons. The number of rotatable bonds is 6. The molecule has 1 N–H and O–H groups in total. The fourth-order valence-electron chi connectivity index (χ4n) is 3.91. The van der Waals surface area contributed by atoms with Crippen LogP contribution in [0.25, 0.3) is 0 Å². The molecule has 2 aliphatic heterocycles. The highest BCUT2D eigenvalue weighted by Crippen LogP contribution is 2.20. The van der Waals surface area contributed by atoms with E-state index in [-0.39, 0.29) is 18.1 Å². The van der Waals surface area contributed by atoms with Gasteiger partial charge in [0.1, 0.15) is 11.6 Å². The van der Waals surface area contributed by atoms with E-state index in [9.17, 15) is 4.79 Å². The lowest BCUT2D eigenvalue weighted by Gasteiger charge is -2.36. The van der Waals surface area contributed by atoms with Crippen LogP contribution in [-0.4, -0.2) is 64.0 Å². The minimum absolute atomic E-state index is 0.0946. The summed E-state index contributed by atoms with van der Waals surface area (Å²) in [5.41, 5.74) is 0. The molecule has 3 rings (SSSR count). The maximum atomic E-state index is 12.5. The summed E-state index contributed by atoms with van der Waals surface area (Å²) in [6.07, 6.45) is 4.66. The molecule has 0 saturated carbocycles. The summed E-state index contributed by atoms with van der Waals surface area (Å²) in [7, 11) is 0. The third-order valence-corrected chi connectivity index (χ3v) is 5.40. The Labute approximate surface area is 150 Å². The molecule has 140 valence electrons. The second-order valence-electron chi connectivity index (χ2n) is 7.45. The van der Waals surface area contributed by atoms with E-state index in [0.717, 1.165) is 57.2 Å². The molecule has 1 aromatic rings. The first-order valence-electron chi connectivity index (χ1n) is 9.54. The monoisotopic (exact) mass is 349 g/mol. The number of aryl methyl sites for hydroxylation is 2. The van der Waals surface area contributed by atoms with Crippen LogP contribution in [-0.2, 0) is 16.1 Å². The fourth-order valence-corrected chi connectivity index (χ4v) is 3.91. The number of carbonyl (C=O) groups is 1. The number of nitrogens with one attached hydrogen (secondary N) is 1. The van der Waals surface area contributed by atoms with Crippen LogP contribution >= 0.6 is 0 Å². The molecule has 7 nitrogen and oxygen atoms in total. The second-order valence-corrected chi connectivity index (χ2v) is 7.45. The Morgan fingerprint density at radius 2 is 2.20 bits per heavy atom. The third-order valence-electron chi connectivity index (χ3n) is 5.40. The SMILES string of the molecule is Cc1nc(C)n(C[C@@H]2CCCN([C@H](C)C(=O)NC[C@@H]3CCCO3)C2)n1. The molecule has 2 aliphatic rings. The van der Waals surface area contributed by atoms with E-state index in [0.29, 0.717) is 12.5 Å². The molecule has 0 bridgehead atoms. The number of likely N-dealkylation sites (tertiary alicyclic amines) is 1. The lowest BCUT2D eigenvalue weighted by atomic mass is 9.96. The minimum Gasteiger partial charge on any atom is -0.376 e. The van der Waals surface area contributed by atoms with Crippen LogP contribution in [0.3, 0.4) is 0 Å². The van der Waals surface area contributed by atoms with Crippen molar-refractivity contribution in [1.29, 1.82) is 0 Å². The molecule has 7 heteroatoms. The summed E-state index contributed by atoms with van der Waals surface area (Å²) in [6.45, 7) is 10.2. The van der Waals surface area contributed by atoms with Crippen molar-refractivity contribution in [3.05, 3.63) is 11.6 Å². The highest BCUT2D eigenvalue weighted by atomic mass is 16.5. The number of carbonyl (C=O) groups excluding carboxylic acids is 1. The van der Waals surface area contributed by atoms with Crippen molar-refractivity contribution in [3.8, 4) is 0 Å². The average Bonchev–Trinajstić information content (AvgIpc) is 3.22. The predicted octanol–water partition coefficient (Wildman–Crippen LogP) is 1.29. The van der Waals surface area contributed by atoms with E-state index in [4.69, 9.17) is 4.74 Å². The Kier molecular flexibility index (Phi) is 6.06. The van der Waals surface area contributed by atoms with Gasteiger partial charge < -0.3 is 10.1 Å². The van der Waals surface area contributed by atoms with E-state index in [1.54, 1.807) is 0 Å². The zero-order chi connectivity index (χ0) is 17.8. The summed E-state index contributed by atoms with van der Waals surface area (Å²) in [6, 6.07) is -0.0946. The van der Waals surface area contributed by atoms with E-state index >= 15 is 0 Å². The van der Waals surface area contributed by atoms with Crippen LogP contribution in [0.5, 0.6) is 0 Å². The van der Waals surface area contributed by atoms with Gasteiger partial charge >= 0.3 is 0 Å². The van der Waals surface area contributed by atoms with Gasteiger partial charge in [-0.3, -0.25) is 9.69 Å². The number of nitrogens with zero attached hydrogens (tertiary/aromatic N) is 4. The molecule has 0 spiro atoms. The van der Waals surface area contributed by atoms with Crippen LogP contribution in [0.1, 0.15) is 44.3 Å². The molecule has 0 aliphatic carbocycles. The average molecular weight is 349 g/mol. The fraction of sp³-hybridized carbons (Fsp3) is 0.833. The lowest BCUT2D eigenvalue weighted by Crippen LogP contribution is -2.50. The highest BCUT2D eigenvalue weighted by Gasteiger charge is 2.28.